The van der Waals surface area contributed by atoms with Crippen LogP contribution in [-0.4, -0.2) is 75.9 Å². The summed E-state index contributed by atoms with van der Waals surface area (Å²) in [6, 6.07) is 10.7. The summed E-state index contributed by atoms with van der Waals surface area (Å²) < 4.78 is 6.87. The van der Waals surface area contributed by atoms with Crippen LogP contribution in [0.15, 0.2) is 42.6 Å². The van der Waals surface area contributed by atoms with Gasteiger partial charge < -0.3 is 19.4 Å². The third-order valence-corrected chi connectivity index (χ3v) is 6.97. The maximum absolute atomic E-state index is 13.3. The number of piperidine rings is 1. The van der Waals surface area contributed by atoms with Gasteiger partial charge in [-0.1, -0.05) is 0 Å². The number of fused-ring (bicyclic) bond motifs is 1. The second-order valence-corrected chi connectivity index (χ2v) is 8.72. The van der Waals surface area contributed by atoms with Gasteiger partial charge in [-0.05, 0) is 62.1 Å². The highest BCUT2D eigenvalue weighted by atomic mass is 16.5. The van der Waals surface area contributed by atoms with E-state index in [0.29, 0.717) is 43.9 Å². The molecule has 0 bridgehead atoms. The summed E-state index contributed by atoms with van der Waals surface area (Å²) in [5, 5.41) is 0. The van der Waals surface area contributed by atoms with E-state index in [0.717, 1.165) is 25.0 Å². The van der Waals surface area contributed by atoms with Crippen molar-refractivity contribution in [3.05, 3.63) is 53.9 Å². The minimum Gasteiger partial charge on any atom is -0.497 e. The first-order valence-electron chi connectivity index (χ1n) is 11.3. The van der Waals surface area contributed by atoms with Crippen LogP contribution in [-0.2, 0) is 11.3 Å². The third-order valence-electron chi connectivity index (χ3n) is 6.97. The Kier molecular flexibility index (Phi) is 5.36. The summed E-state index contributed by atoms with van der Waals surface area (Å²) >= 11 is 0. The van der Waals surface area contributed by atoms with E-state index in [1.54, 1.807) is 40.8 Å². The Morgan fingerprint density at radius 1 is 1.00 bits per heavy atom. The van der Waals surface area contributed by atoms with Crippen LogP contribution in [0.3, 0.4) is 0 Å². The smallest absolute Gasteiger partial charge is 0.329 e. The number of methoxy groups -OCH3 is 1. The Morgan fingerprint density at radius 2 is 1.75 bits per heavy atom. The summed E-state index contributed by atoms with van der Waals surface area (Å²) in [7, 11) is 1.59. The minimum atomic E-state index is -0.407. The first kappa shape index (κ1) is 20.6. The molecule has 8 nitrogen and oxygen atoms in total. The van der Waals surface area contributed by atoms with Gasteiger partial charge in [0.15, 0.2) is 0 Å². The molecular formula is C24H28N4O4. The molecule has 0 N–H and O–H groups in total. The fraction of sp³-hybridized carbons (Fsp3) is 0.458. The number of nitrogens with zero attached hydrogens (tertiary/aromatic N) is 4. The second kappa shape index (κ2) is 8.33. The zero-order chi connectivity index (χ0) is 22.2. The SMILES string of the molecule is COc1ccc(C(=O)N2CCCC2C(=O)N2CCC(N3Cc4cccn4C3=O)CC2)cc1. The predicted molar refractivity (Wildman–Crippen MR) is 117 cm³/mol. The summed E-state index contributed by atoms with van der Waals surface area (Å²) in [6.07, 6.45) is 4.87. The van der Waals surface area contributed by atoms with Crippen LogP contribution in [0, 0.1) is 0 Å². The van der Waals surface area contributed by atoms with Gasteiger partial charge >= 0.3 is 6.03 Å². The molecule has 2 fully saturated rings. The zero-order valence-corrected chi connectivity index (χ0v) is 18.3. The zero-order valence-electron chi connectivity index (χ0n) is 18.3. The molecule has 1 unspecified atom stereocenters. The van der Waals surface area contributed by atoms with Crippen LogP contribution < -0.4 is 4.74 Å². The van der Waals surface area contributed by atoms with Gasteiger partial charge in [0, 0.05) is 43.1 Å². The number of likely N-dealkylation sites (tertiary alicyclic amines) is 2. The fourth-order valence-corrected chi connectivity index (χ4v) is 5.17. The molecule has 0 radical (unpaired) electrons. The molecular weight excluding hydrogens is 408 g/mol. The van der Waals surface area contributed by atoms with Crippen molar-refractivity contribution < 1.29 is 19.1 Å². The molecule has 8 heteroatoms. The minimum absolute atomic E-state index is 0.0295. The van der Waals surface area contributed by atoms with E-state index in [-0.39, 0.29) is 23.9 Å². The van der Waals surface area contributed by atoms with Gasteiger partial charge in [0.05, 0.1) is 13.7 Å². The van der Waals surface area contributed by atoms with E-state index in [1.165, 1.54) is 0 Å². The summed E-state index contributed by atoms with van der Waals surface area (Å²) in [5.74, 6) is 0.618. The van der Waals surface area contributed by atoms with Crippen molar-refractivity contribution in [2.75, 3.05) is 26.7 Å². The number of hydrogen-bond donors (Lipinski definition) is 0. The Bertz CT molecular complexity index is 1020. The van der Waals surface area contributed by atoms with Gasteiger partial charge in [-0.2, -0.15) is 0 Å². The lowest BCUT2D eigenvalue weighted by molar-refractivity contribution is -0.136. The number of aromatic nitrogens is 1. The van der Waals surface area contributed by atoms with Gasteiger partial charge in [0.2, 0.25) is 5.91 Å². The molecule has 0 aliphatic carbocycles. The van der Waals surface area contributed by atoms with E-state index >= 15 is 0 Å². The maximum atomic E-state index is 13.3. The highest BCUT2D eigenvalue weighted by Crippen LogP contribution is 2.28. The van der Waals surface area contributed by atoms with Crippen molar-refractivity contribution in [3.8, 4) is 5.75 Å². The molecule has 3 amide bonds. The molecule has 168 valence electrons. The van der Waals surface area contributed by atoms with E-state index in [2.05, 4.69) is 0 Å². The van der Waals surface area contributed by atoms with E-state index in [9.17, 15) is 14.4 Å². The molecule has 4 heterocycles. The topological polar surface area (TPSA) is 75.1 Å². The van der Waals surface area contributed by atoms with Crippen LogP contribution in [0.1, 0.15) is 41.7 Å². The standard InChI is InChI=1S/C24H28N4O4/c1-32-20-8-6-17(7-9-20)22(29)27-13-3-5-21(27)23(30)25-14-10-18(11-15-25)28-16-19-4-2-12-26(19)24(28)31/h2,4,6-9,12,18,21H,3,5,10-11,13-16H2,1H3. The number of carbonyl (C=O) groups is 3. The molecule has 32 heavy (non-hydrogen) atoms. The van der Waals surface area contributed by atoms with Gasteiger partial charge in [-0.25, -0.2) is 4.79 Å². The van der Waals surface area contributed by atoms with E-state index < -0.39 is 6.04 Å². The molecule has 2 aromatic rings. The van der Waals surface area contributed by atoms with Crippen LogP contribution in [0.4, 0.5) is 4.79 Å². The lowest BCUT2D eigenvalue weighted by atomic mass is 10.0. The number of carbonyl (C=O) groups excluding carboxylic acids is 3. The van der Waals surface area contributed by atoms with Crippen LogP contribution in [0.25, 0.3) is 0 Å². The van der Waals surface area contributed by atoms with Crippen molar-refractivity contribution in [1.29, 1.82) is 0 Å². The number of benzene rings is 1. The Hall–Kier alpha value is -3.29. The van der Waals surface area contributed by atoms with Crippen molar-refractivity contribution in [2.45, 2.75) is 44.3 Å². The van der Waals surface area contributed by atoms with Gasteiger partial charge in [0.1, 0.15) is 11.8 Å². The van der Waals surface area contributed by atoms with Crippen molar-refractivity contribution in [3.63, 3.8) is 0 Å². The van der Waals surface area contributed by atoms with E-state index in [4.69, 9.17) is 4.74 Å². The number of hydrogen-bond acceptors (Lipinski definition) is 4. The largest absolute Gasteiger partial charge is 0.497 e. The molecule has 1 atom stereocenters. The molecule has 3 aliphatic rings. The van der Waals surface area contributed by atoms with Gasteiger partial charge in [0.25, 0.3) is 5.91 Å². The first-order valence-corrected chi connectivity index (χ1v) is 11.3. The van der Waals surface area contributed by atoms with Crippen LogP contribution >= 0.6 is 0 Å². The monoisotopic (exact) mass is 436 g/mol. The molecule has 2 saturated heterocycles. The first-order chi connectivity index (χ1) is 15.6. The highest BCUT2D eigenvalue weighted by Gasteiger charge is 2.40. The molecule has 1 aromatic carbocycles. The number of ether oxygens (including phenoxy) is 1. The average Bonchev–Trinajstić information content (AvgIpc) is 3.56. The average molecular weight is 437 g/mol. The summed E-state index contributed by atoms with van der Waals surface area (Å²) in [6.45, 7) is 2.46. The van der Waals surface area contributed by atoms with Crippen LogP contribution in [0.5, 0.6) is 5.75 Å². The second-order valence-electron chi connectivity index (χ2n) is 8.72. The van der Waals surface area contributed by atoms with Crippen molar-refractivity contribution in [1.82, 2.24) is 19.3 Å². The quantitative estimate of drug-likeness (QED) is 0.738. The highest BCUT2D eigenvalue weighted by molar-refractivity contribution is 5.98. The van der Waals surface area contributed by atoms with Gasteiger partial charge in [-0.3, -0.25) is 14.2 Å². The molecule has 0 spiro atoms. The Labute approximate surface area is 187 Å². The Balaban J connectivity index is 1.20. The lowest BCUT2D eigenvalue weighted by Gasteiger charge is -2.38. The molecule has 0 saturated carbocycles. The van der Waals surface area contributed by atoms with Crippen LogP contribution in [0.2, 0.25) is 0 Å². The predicted octanol–water partition coefficient (Wildman–Crippen LogP) is 2.58. The van der Waals surface area contributed by atoms with Gasteiger partial charge in [-0.15, -0.1) is 0 Å². The molecule has 3 aliphatic heterocycles. The third kappa shape index (κ3) is 3.53. The molecule has 5 rings (SSSR count). The normalized spacial score (nSPS) is 21.2. The lowest BCUT2D eigenvalue weighted by Crippen LogP contribution is -2.52. The number of rotatable bonds is 4. The fourth-order valence-electron chi connectivity index (χ4n) is 5.17. The maximum Gasteiger partial charge on any atom is 0.329 e. The molecule has 1 aromatic heterocycles. The van der Waals surface area contributed by atoms with Crippen molar-refractivity contribution >= 4 is 17.8 Å². The van der Waals surface area contributed by atoms with Crippen molar-refractivity contribution in [2.24, 2.45) is 0 Å². The van der Waals surface area contributed by atoms with E-state index in [1.807, 2.05) is 28.1 Å². The Morgan fingerprint density at radius 3 is 2.44 bits per heavy atom. The summed E-state index contributed by atoms with van der Waals surface area (Å²) in [5.41, 5.74) is 1.59. The number of amides is 3. The summed E-state index contributed by atoms with van der Waals surface area (Å²) in [4.78, 5) is 44.5.